The molecule has 4 aromatic rings. The Morgan fingerprint density at radius 3 is 2.51 bits per heavy atom. The van der Waals surface area contributed by atoms with Crippen molar-refractivity contribution in [2.45, 2.75) is 25.8 Å². The number of benzene rings is 1. The number of aryl methyl sites for hydroxylation is 1. The van der Waals surface area contributed by atoms with Gasteiger partial charge in [-0.15, -0.1) is 0 Å². The zero-order chi connectivity index (χ0) is 23.9. The van der Waals surface area contributed by atoms with Crippen molar-refractivity contribution in [1.82, 2.24) is 29.4 Å². The Morgan fingerprint density at radius 2 is 1.74 bits per heavy atom. The van der Waals surface area contributed by atoms with Crippen LogP contribution in [0.2, 0.25) is 0 Å². The third kappa shape index (κ3) is 4.10. The van der Waals surface area contributed by atoms with Crippen molar-refractivity contribution >= 4 is 22.2 Å². The first-order valence-electron chi connectivity index (χ1n) is 12.6. The van der Waals surface area contributed by atoms with Gasteiger partial charge >= 0.3 is 0 Å². The molecule has 0 spiro atoms. The van der Waals surface area contributed by atoms with E-state index in [0.29, 0.717) is 6.04 Å². The fourth-order valence-electron chi connectivity index (χ4n) is 5.63. The van der Waals surface area contributed by atoms with Gasteiger partial charge in [-0.3, -0.25) is 9.88 Å². The second-order valence-electron chi connectivity index (χ2n) is 9.89. The van der Waals surface area contributed by atoms with E-state index in [4.69, 9.17) is 9.72 Å². The maximum absolute atomic E-state index is 5.57. The lowest BCUT2D eigenvalue weighted by Crippen LogP contribution is -2.52. The maximum Gasteiger partial charge on any atom is 0.162 e. The minimum Gasteiger partial charge on any atom is -0.496 e. The molecule has 5 heterocycles. The van der Waals surface area contributed by atoms with Crippen LogP contribution in [0.1, 0.15) is 18.4 Å². The van der Waals surface area contributed by atoms with Gasteiger partial charge in [0.15, 0.2) is 5.65 Å². The molecule has 0 amide bonds. The number of nitrogens with zero attached hydrogens (tertiary/aromatic N) is 7. The smallest absolute Gasteiger partial charge is 0.162 e. The predicted octanol–water partition coefficient (Wildman–Crippen LogP) is 3.48. The van der Waals surface area contributed by atoms with E-state index in [-0.39, 0.29) is 0 Å². The van der Waals surface area contributed by atoms with Crippen LogP contribution in [0.5, 0.6) is 5.75 Å². The number of hydrogen-bond acceptors (Lipinski definition) is 7. The summed E-state index contributed by atoms with van der Waals surface area (Å²) in [7, 11) is 3.93. The Kier molecular flexibility index (Phi) is 5.78. The summed E-state index contributed by atoms with van der Waals surface area (Å²) >= 11 is 0. The van der Waals surface area contributed by atoms with Crippen molar-refractivity contribution in [3.05, 3.63) is 48.5 Å². The van der Waals surface area contributed by atoms with Crippen LogP contribution in [0, 0.1) is 6.92 Å². The number of anilines is 1. The number of rotatable bonds is 4. The van der Waals surface area contributed by atoms with Crippen LogP contribution >= 0.6 is 0 Å². The largest absolute Gasteiger partial charge is 0.496 e. The second-order valence-corrected chi connectivity index (χ2v) is 9.89. The van der Waals surface area contributed by atoms with Gasteiger partial charge in [-0.2, -0.15) is 5.10 Å². The molecule has 2 fully saturated rings. The van der Waals surface area contributed by atoms with Crippen molar-refractivity contribution in [3.8, 4) is 16.9 Å². The normalized spacial score (nSPS) is 18.5. The highest BCUT2D eigenvalue weighted by Gasteiger charge is 2.27. The number of likely N-dealkylation sites (N-methyl/N-ethyl adjacent to an activating group) is 1. The van der Waals surface area contributed by atoms with Crippen LogP contribution in [-0.4, -0.2) is 88.8 Å². The minimum atomic E-state index is 0.702. The molecular formula is C27H33N7O. The molecule has 6 rings (SSSR count). The Hall–Kier alpha value is -3.23. The number of piperidine rings is 1. The number of fused-ring (bicyclic) bond motifs is 2. The molecule has 1 aromatic carbocycles. The van der Waals surface area contributed by atoms with Gasteiger partial charge in [0.05, 0.1) is 36.9 Å². The lowest BCUT2D eigenvalue weighted by Gasteiger charge is -2.42. The van der Waals surface area contributed by atoms with E-state index in [0.717, 1.165) is 57.8 Å². The standard InChI is InChI=1S/C27H33N7O/c1-19-14-25-23(15-26(19)35-3)22(4-7-28-25)24-17-30-34-18-21(16-29-27(24)34)32-8-5-20(6-9-32)33-12-10-31(2)11-13-33/h4,7,14-18,20H,5-6,8-13H2,1-3H3. The first-order valence-corrected chi connectivity index (χ1v) is 12.6. The van der Waals surface area contributed by atoms with Gasteiger partial charge < -0.3 is 14.5 Å². The fraction of sp³-hybridized carbons (Fsp3) is 0.444. The molecule has 0 saturated carbocycles. The van der Waals surface area contributed by atoms with Gasteiger partial charge in [0, 0.05) is 62.5 Å². The Labute approximate surface area is 206 Å². The van der Waals surface area contributed by atoms with E-state index in [9.17, 15) is 0 Å². The summed E-state index contributed by atoms with van der Waals surface area (Å²) < 4.78 is 7.48. The quantitative estimate of drug-likeness (QED) is 0.452. The lowest BCUT2D eigenvalue weighted by molar-refractivity contribution is 0.0982. The molecule has 3 aromatic heterocycles. The first kappa shape index (κ1) is 22.2. The molecule has 2 aliphatic heterocycles. The lowest BCUT2D eigenvalue weighted by atomic mass is 10.0. The zero-order valence-corrected chi connectivity index (χ0v) is 20.8. The molecule has 2 saturated heterocycles. The molecule has 0 aliphatic carbocycles. The van der Waals surface area contributed by atoms with E-state index in [1.807, 2.05) is 36.1 Å². The predicted molar refractivity (Wildman–Crippen MR) is 139 cm³/mol. The fourth-order valence-corrected chi connectivity index (χ4v) is 5.63. The summed E-state index contributed by atoms with van der Waals surface area (Å²) in [5.41, 5.74) is 6.08. The monoisotopic (exact) mass is 471 g/mol. The third-order valence-electron chi connectivity index (χ3n) is 7.78. The van der Waals surface area contributed by atoms with E-state index < -0.39 is 0 Å². The van der Waals surface area contributed by atoms with Crippen molar-refractivity contribution in [3.63, 3.8) is 0 Å². The number of ether oxygens (including phenoxy) is 1. The summed E-state index contributed by atoms with van der Waals surface area (Å²) in [5, 5.41) is 5.72. The van der Waals surface area contributed by atoms with Gasteiger partial charge in [0.2, 0.25) is 0 Å². The molecular weight excluding hydrogens is 438 g/mol. The molecule has 2 aliphatic rings. The molecule has 0 radical (unpaired) electrons. The van der Waals surface area contributed by atoms with Gasteiger partial charge in [-0.25, -0.2) is 9.50 Å². The molecule has 8 nitrogen and oxygen atoms in total. The van der Waals surface area contributed by atoms with Crippen molar-refractivity contribution in [1.29, 1.82) is 0 Å². The average Bonchev–Trinajstić information content (AvgIpc) is 3.31. The van der Waals surface area contributed by atoms with E-state index in [2.05, 4.69) is 50.2 Å². The Morgan fingerprint density at radius 1 is 0.943 bits per heavy atom. The van der Waals surface area contributed by atoms with Gasteiger partial charge in [0.1, 0.15) is 5.75 Å². The summed E-state index contributed by atoms with van der Waals surface area (Å²) in [6.07, 6.45) is 10.3. The minimum absolute atomic E-state index is 0.702. The van der Waals surface area contributed by atoms with Crippen LogP contribution < -0.4 is 9.64 Å². The van der Waals surface area contributed by atoms with Crippen LogP contribution in [0.3, 0.4) is 0 Å². The molecule has 0 unspecified atom stereocenters. The maximum atomic E-state index is 5.57. The van der Waals surface area contributed by atoms with Gasteiger partial charge in [0.25, 0.3) is 0 Å². The molecule has 35 heavy (non-hydrogen) atoms. The Bertz CT molecular complexity index is 1350. The van der Waals surface area contributed by atoms with Crippen LogP contribution in [0.4, 0.5) is 5.69 Å². The van der Waals surface area contributed by atoms with Gasteiger partial charge in [-0.1, -0.05) is 0 Å². The van der Waals surface area contributed by atoms with E-state index in [1.165, 1.54) is 39.0 Å². The molecule has 182 valence electrons. The number of hydrogen-bond donors (Lipinski definition) is 0. The third-order valence-corrected chi connectivity index (χ3v) is 7.78. The summed E-state index contributed by atoms with van der Waals surface area (Å²) in [6, 6.07) is 6.87. The number of aromatic nitrogens is 4. The first-order chi connectivity index (χ1) is 17.1. The molecule has 0 atom stereocenters. The van der Waals surface area contributed by atoms with Crippen LogP contribution in [0.25, 0.3) is 27.7 Å². The highest BCUT2D eigenvalue weighted by atomic mass is 16.5. The summed E-state index contributed by atoms with van der Waals surface area (Å²) in [6.45, 7) is 8.92. The van der Waals surface area contributed by atoms with Crippen molar-refractivity contribution in [2.75, 3.05) is 58.3 Å². The average molecular weight is 472 g/mol. The highest BCUT2D eigenvalue weighted by molar-refractivity contribution is 5.98. The van der Waals surface area contributed by atoms with Crippen LogP contribution in [0.15, 0.2) is 43.0 Å². The van der Waals surface area contributed by atoms with Crippen molar-refractivity contribution < 1.29 is 4.74 Å². The summed E-state index contributed by atoms with van der Waals surface area (Å²) in [4.78, 5) is 17.0. The van der Waals surface area contributed by atoms with Crippen LogP contribution in [-0.2, 0) is 0 Å². The molecule has 0 N–H and O–H groups in total. The van der Waals surface area contributed by atoms with Gasteiger partial charge in [-0.05, 0) is 56.1 Å². The number of methoxy groups -OCH3 is 1. The highest BCUT2D eigenvalue weighted by Crippen LogP contribution is 2.34. The Balaban J connectivity index is 1.24. The second kappa shape index (κ2) is 9.09. The number of pyridine rings is 1. The topological polar surface area (TPSA) is 62.0 Å². The zero-order valence-electron chi connectivity index (χ0n) is 20.8. The van der Waals surface area contributed by atoms with Crippen molar-refractivity contribution in [2.24, 2.45) is 0 Å². The van der Waals surface area contributed by atoms with E-state index >= 15 is 0 Å². The summed E-state index contributed by atoms with van der Waals surface area (Å²) in [5.74, 6) is 0.860. The van der Waals surface area contributed by atoms with E-state index in [1.54, 1.807) is 7.11 Å². The molecule has 8 heteroatoms. The number of piperazine rings is 1. The SMILES string of the molecule is COc1cc2c(-c3cnn4cc(N5CCC(N6CCN(C)CC6)CC5)cnc34)ccnc2cc1C. The molecule has 0 bridgehead atoms.